The molecule has 0 aliphatic carbocycles. The Balaban J connectivity index is 1.72. The molecule has 0 amide bonds. The van der Waals surface area contributed by atoms with Crippen LogP contribution in [0.5, 0.6) is 0 Å². The first-order chi connectivity index (χ1) is 10.8. The van der Waals surface area contributed by atoms with Gasteiger partial charge in [0.25, 0.3) is 0 Å². The summed E-state index contributed by atoms with van der Waals surface area (Å²) >= 11 is 0. The van der Waals surface area contributed by atoms with Gasteiger partial charge in [0.2, 0.25) is 0 Å². The zero-order valence-corrected chi connectivity index (χ0v) is 12.2. The van der Waals surface area contributed by atoms with E-state index < -0.39 is 0 Å². The van der Waals surface area contributed by atoms with Crippen LogP contribution in [0, 0.1) is 6.92 Å². The molecule has 4 aromatic rings. The summed E-state index contributed by atoms with van der Waals surface area (Å²) in [6, 6.07) is 12.1. The molecule has 0 radical (unpaired) electrons. The third-order valence-electron chi connectivity index (χ3n) is 3.66. The Labute approximate surface area is 127 Å². The van der Waals surface area contributed by atoms with E-state index in [9.17, 15) is 0 Å². The molecule has 0 atom stereocenters. The lowest BCUT2D eigenvalue weighted by molar-refractivity contribution is 1.07. The molecule has 0 aliphatic rings. The van der Waals surface area contributed by atoms with Crippen molar-refractivity contribution >= 4 is 21.9 Å². The minimum atomic E-state index is 0.739. The number of nitrogens with zero attached hydrogens (tertiary/aromatic N) is 4. The third-order valence-corrected chi connectivity index (χ3v) is 3.66. The van der Waals surface area contributed by atoms with Gasteiger partial charge in [-0.15, -0.1) is 0 Å². The molecule has 4 heteroatoms. The number of hydrogen-bond donors (Lipinski definition) is 0. The Bertz CT molecular complexity index is 979. The van der Waals surface area contributed by atoms with Crippen molar-refractivity contribution < 1.29 is 0 Å². The maximum atomic E-state index is 4.53. The van der Waals surface area contributed by atoms with Gasteiger partial charge in [-0.1, -0.05) is 6.07 Å². The van der Waals surface area contributed by atoms with Crippen molar-refractivity contribution in [2.45, 2.75) is 13.3 Å². The van der Waals surface area contributed by atoms with Crippen LogP contribution < -0.4 is 0 Å². The maximum Gasteiger partial charge on any atom is 0.0892 e. The van der Waals surface area contributed by atoms with Gasteiger partial charge in [0.15, 0.2) is 0 Å². The van der Waals surface area contributed by atoms with Gasteiger partial charge in [-0.3, -0.25) is 19.9 Å². The number of aryl methyl sites for hydroxylation is 1. The molecule has 106 valence electrons. The molecule has 4 aromatic heterocycles. The highest BCUT2D eigenvalue weighted by atomic mass is 14.8. The van der Waals surface area contributed by atoms with Crippen molar-refractivity contribution in [2.24, 2.45) is 0 Å². The van der Waals surface area contributed by atoms with E-state index in [0.29, 0.717) is 0 Å². The summed E-state index contributed by atoms with van der Waals surface area (Å²) in [5.74, 6) is 0. The average molecular weight is 286 g/mol. The van der Waals surface area contributed by atoms with Crippen LogP contribution in [0.25, 0.3) is 21.9 Å². The first-order valence-corrected chi connectivity index (χ1v) is 7.20. The van der Waals surface area contributed by atoms with Gasteiger partial charge in [0.1, 0.15) is 0 Å². The molecule has 4 rings (SSSR count). The van der Waals surface area contributed by atoms with E-state index >= 15 is 0 Å². The molecule has 22 heavy (non-hydrogen) atoms. The predicted molar refractivity (Wildman–Crippen MR) is 86.6 cm³/mol. The van der Waals surface area contributed by atoms with Gasteiger partial charge in [-0.05, 0) is 42.8 Å². The fraction of sp³-hybridized carbons (Fsp3) is 0.111. The van der Waals surface area contributed by atoms with Gasteiger partial charge < -0.3 is 0 Å². The Kier molecular flexibility index (Phi) is 3.00. The minimum absolute atomic E-state index is 0.739. The van der Waals surface area contributed by atoms with Gasteiger partial charge in [0.05, 0.1) is 22.7 Å². The number of aromatic nitrogens is 4. The standard InChI is InChI=1S/C18H14N4/c1-12-4-5-16-17(22-12)8-13(10-21-16)7-15-9-14-3-2-6-19-18(14)11-20-15/h2-6,8-11H,7H2,1H3. The van der Waals surface area contributed by atoms with Gasteiger partial charge in [-0.25, -0.2) is 0 Å². The first kappa shape index (κ1) is 12.8. The minimum Gasteiger partial charge on any atom is -0.259 e. The SMILES string of the molecule is Cc1ccc2ncc(Cc3cc4cccnc4cn3)cc2n1. The summed E-state index contributed by atoms with van der Waals surface area (Å²) in [5.41, 5.74) is 5.89. The number of hydrogen-bond acceptors (Lipinski definition) is 4. The zero-order chi connectivity index (χ0) is 14.9. The summed E-state index contributed by atoms with van der Waals surface area (Å²) in [6.07, 6.45) is 6.24. The van der Waals surface area contributed by atoms with Crippen LogP contribution in [0.2, 0.25) is 0 Å². The van der Waals surface area contributed by atoms with E-state index in [4.69, 9.17) is 0 Å². The van der Waals surface area contributed by atoms with E-state index in [1.807, 2.05) is 37.5 Å². The Morgan fingerprint density at radius 3 is 2.77 bits per heavy atom. The summed E-state index contributed by atoms with van der Waals surface area (Å²) < 4.78 is 0. The van der Waals surface area contributed by atoms with Crippen LogP contribution in [-0.4, -0.2) is 19.9 Å². The summed E-state index contributed by atoms with van der Waals surface area (Å²) in [7, 11) is 0. The van der Waals surface area contributed by atoms with Crippen LogP contribution >= 0.6 is 0 Å². The van der Waals surface area contributed by atoms with E-state index in [-0.39, 0.29) is 0 Å². The van der Waals surface area contributed by atoms with E-state index in [0.717, 1.165) is 45.3 Å². The molecular formula is C18H14N4. The number of fused-ring (bicyclic) bond motifs is 2. The first-order valence-electron chi connectivity index (χ1n) is 7.20. The molecule has 0 saturated heterocycles. The molecule has 0 N–H and O–H groups in total. The summed E-state index contributed by atoms with van der Waals surface area (Å²) in [5, 5.41) is 1.11. The quantitative estimate of drug-likeness (QED) is 0.566. The highest BCUT2D eigenvalue weighted by Crippen LogP contribution is 2.16. The highest BCUT2D eigenvalue weighted by Gasteiger charge is 2.04. The second-order valence-electron chi connectivity index (χ2n) is 5.38. The smallest absolute Gasteiger partial charge is 0.0892 e. The van der Waals surface area contributed by atoms with Crippen molar-refractivity contribution in [3.05, 3.63) is 71.9 Å². The van der Waals surface area contributed by atoms with Crippen LogP contribution in [-0.2, 0) is 6.42 Å². The van der Waals surface area contributed by atoms with E-state index in [1.165, 1.54) is 0 Å². The molecule has 4 nitrogen and oxygen atoms in total. The molecule has 0 bridgehead atoms. The van der Waals surface area contributed by atoms with E-state index in [2.05, 4.69) is 38.1 Å². The van der Waals surface area contributed by atoms with Crippen molar-refractivity contribution in [2.75, 3.05) is 0 Å². The maximum absolute atomic E-state index is 4.53. The molecule has 0 fully saturated rings. The lowest BCUT2D eigenvalue weighted by atomic mass is 10.1. The molecule has 0 saturated carbocycles. The Morgan fingerprint density at radius 1 is 0.864 bits per heavy atom. The number of rotatable bonds is 2. The molecule has 0 spiro atoms. The average Bonchev–Trinajstić information content (AvgIpc) is 2.54. The lowest BCUT2D eigenvalue weighted by Crippen LogP contribution is -1.95. The van der Waals surface area contributed by atoms with Gasteiger partial charge >= 0.3 is 0 Å². The molecule has 0 aliphatic heterocycles. The van der Waals surface area contributed by atoms with Crippen LogP contribution in [0.4, 0.5) is 0 Å². The summed E-state index contributed by atoms with van der Waals surface area (Å²) in [6.45, 7) is 1.99. The second kappa shape index (κ2) is 5.15. The van der Waals surface area contributed by atoms with Crippen LogP contribution in [0.15, 0.2) is 55.0 Å². The van der Waals surface area contributed by atoms with Crippen LogP contribution in [0.3, 0.4) is 0 Å². The predicted octanol–water partition coefficient (Wildman–Crippen LogP) is 3.47. The molecular weight excluding hydrogens is 272 g/mol. The zero-order valence-electron chi connectivity index (χ0n) is 12.2. The number of pyridine rings is 4. The Morgan fingerprint density at radius 2 is 1.82 bits per heavy atom. The third kappa shape index (κ3) is 2.39. The monoisotopic (exact) mass is 286 g/mol. The topological polar surface area (TPSA) is 51.6 Å². The fourth-order valence-corrected chi connectivity index (χ4v) is 2.57. The van der Waals surface area contributed by atoms with Crippen LogP contribution in [0.1, 0.15) is 17.0 Å². The molecule has 0 aromatic carbocycles. The van der Waals surface area contributed by atoms with Crippen molar-refractivity contribution in [3.8, 4) is 0 Å². The Hall–Kier alpha value is -2.88. The highest BCUT2D eigenvalue weighted by molar-refractivity contribution is 5.78. The lowest BCUT2D eigenvalue weighted by Gasteiger charge is -2.04. The van der Waals surface area contributed by atoms with Crippen molar-refractivity contribution in [3.63, 3.8) is 0 Å². The van der Waals surface area contributed by atoms with Crippen molar-refractivity contribution in [1.29, 1.82) is 0 Å². The second-order valence-corrected chi connectivity index (χ2v) is 5.38. The molecule has 4 heterocycles. The normalized spacial score (nSPS) is 11.1. The molecule has 0 unspecified atom stereocenters. The van der Waals surface area contributed by atoms with Crippen molar-refractivity contribution in [1.82, 2.24) is 19.9 Å². The van der Waals surface area contributed by atoms with E-state index in [1.54, 1.807) is 6.20 Å². The van der Waals surface area contributed by atoms with Gasteiger partial charge in [-0.2, -0.15) is 0 Å². The van der Waals surface area contributed by atoms with Gasteiger partial charge in [0, 0.05) is 35.6 Å². The summed E-state index contributed by atoms with van der Waals surface area (Å²) in [4.78, 5) is 17.8. The largest absolute Gasteiger partial charge is 0.259 e. The fourth-order valence-electron chi connectivity index (χ4n) is 2.57.